The fraction of sp³-hybridized carbons (Fsp3) is 0.529. The first-order valence-corrected chi connectivity index (χ1v) is 8.07. The van der Waals surface area contributed by atoms with Crippen LogP contribution in [0.5, 0.6) is 0 Å². The Morgan fingerprint density at radius 1 is 1.33 bits per heavy atom. The summed E-state index contributed by atoms with van der Waals surface area (Å²) in [4.78, 5) is 31.6. The highest BCUT2D eigenvalue weighted by Gasteiger charge is 2.21. The van der Waals surface area contributed by atoms with Crippen LogP contribution < -0.4 is 10.9 Å². The molecule has 0 saturated carbocycles. The van der Waals surface area contributed by atoms with Crippen LogP contribution in [-0.4, -0.2) is 32.2 Å². The summed E-state index contributed by atoms with van der Waals surface area (Å²) < 4.78 is 1.83. The molecule has 0 unspecified atom stereocenters. The molecule has 0 bridgehead atoms. The van der Waals surface area contributed by atoms with Crippen molar-refractivity contribution in [3.63, 3.8) is 0 Å². The van der Waals surface area contributed by atoms with Crippen LogP contribution in [0.2, 0.25) is 0 Å². The molecular weight excluding hydrogens is 306 g/mol. The summed E-state index contributed by atoms with van der Waals surface area (Å²) in [5, 5.41) is 6.97. The lowest BCUT2D eigenvalue weighted by molar-refractivity contribution is 0.0949. The van der Waals surface area contributed by atoms with Gasteiger partial charge >= 0.3 is 0 Å². The summed E-state index contributed by atoms with van der Waals surface area (Å²) in [7, 11) is 0. The lowest BCUT2D eigenvalue weighted by Crippen LogP contribution is -2.34. The molecule has 0 aliphatic heterocycles. The van der Waals surface area contributed by atoms with Crippen LogP contribution in [0.15, 0.2) is 17.2 Å². The number of nitrogens with one attached hydrogen (secondary N) is 2. The second kappa shape index (κ2) is 6.98. The molecule has 7 nitrogen and oxygen atoms in total. The summed E-state index contributed by atoms with van der Waals surface area (Å²) in [5.74, 6) is 0.189. The van der Waals surface area contributed by atoms with Gasteiger partial charge in [-0.2, -0.15) is 5.10 Å². The van der Waals surface area contributed by atoms with Gasteiger partial charge in [0, 0.05) is 24.7 Å². The smallest absolute Gasteiger partial charge is 0.264 e. The van der Waals surface area contributed by atoms with Gasteiger partial charge in [0.15, 0.2) is 0 Å². The van der Waals surface area contributed by atoms with Crippen molar-refractivity contribution < 1.29 is 4.79 Å². The molecule has 2 aromatic heterocycles. The van der Waals surface area contributed by atoms with Gasteiger partial charge in [0.2, 0.25) is 0 Å². The predicted octanol–water partition coefficient (Wildman–Crippen LogP) is 1.70. The summed E-state index contributed by atoms with van der Waals surface area (Å²) >= 11 is 0. The molecule has 0 radical (unpaired) electrons. The van der Waals surface area contributed by atoms with E-state index in [1.165, 1.54) is 0 Å². The van der Waals surface area contributed by atoms with Crippen molar-refractivity contribution in [1.29, 1.82) is 0 Å². The largest absolute Gasteiger partial charge is 0.352 e. The molecule has 0 fully saturated rings. The van der Waals surface area contributed by atoms with Gasteiger partial charge in [-0.3, -0.25) is 14.3 Å². The third-order valence-corrected chi connectivity index (χ3v) is 3.65. The Bertz CT molecular complexity index is 783. The standard InChI is InChI=1S/C17H25N5O2/c1-11-9-19-22(10-11)8-6-7-18-14(23)13-12(2)20-16(17(3,4)5)21-15(13)24/h9-10H,6-8H2,1-5H3,(H,18,23)(H,20,21,24). The normalized spacial score (nSPS) is 11.5. The first-order chi connectivity index (χ1) is 11.2. The number of H-pyrrole nitrogens is 1. The van der Waals surface area contributed by atoms with Crippen LogP contribution in [-0.2, 0) is 12.0 Å². The second-order valence-corrected chi connectivity index (χ2v) is 7.02. The van der Waals surface area contributed by atoms with Crippen molar-refractivity contribution in [2.24, 2.45) is 0 Å². The number of aromatic nitrogens is 4. The lowest BCUT2D eigenvalue weighted by atomic mass is 9.95. The molecule has 0 aliphatic rings. The Kier molecular flexibility index (Phi) is 5.21. The number of nitrogens with zero attached hydrogens (tertiary/aromatic N) is 3. The van der Waals surface area contributed by atoms with Crippen molar-refractivity contribution in [2.45, 2.75) is 53.0 Å². The molecule has 2 heterocycles. The molecule has 24 heavy (non-hydrogen) atoms. The minimum atomic E-state index is -0.396. The van der Waals surface area contributed by atoms with Gasteiger partial charge < -0.3 is 10.3 Å². The van der Waals surface area contributed by atoms with E-state index in [-0.39, 0.29) is 11.0 Å². The summed E-state index contributed by atoms with van der Waals surface area (Å²) in [5.41, 5.74) is 0.960. The number of hydrogen-bond acceptors (Lipinski definition) is 4. The number of carbonyl (C=O) groups excluding carboxylic acids is 1. The maximum Gasteiger partial charge on any atom is 0.264 e. The highest BCUT2D eigenvalue weighted by atomic mass is 16.2. The van der Waals surface area contributed by atoms with Crippen LogP contribution in [0.1, 0.15) is 54.6 Å². The van der Waals surface area contributed by atoms with Crippen molar-refractivity contribution in [3.8, 4) is 0 Å². The lowest BCUT2D eigenvalue weighted by Gasteiger charge is -2.18. The van der Waals surface area contributed by atoms with E-state index in [9.17, 15) is 9.59 Å². The molecule has 0 aromatic carbocycles. The summed E-state index contributed by atoms with van der Waals surface area (Å²) in [6.07, 6.45) is 4.48. The molecule has 2 aromatic rings. The zero-order valence-corrected chi connectivity index (χ0v) is 14.9. The van der Waals surface area contributed by atoms with Crippen LogP contribution in [0, 0.1) is 13.8 Å². The Labute approximate surface area is 141 Å². The second-order valence-electron chi connectivity index (χ2n) is 7.02. The number of rotatable bonds is 5. The third kappa shape index (κ3) is 4.31. The Morgan fingerprint density at radius 3 is 2.58 bits per heavy atom. The minimum Gasteiger partial charge on any atom is -0.352 e. The molecule has 2 rings (SSSR count). The Hall–Kier alpha value is -2.44. The summed E-state index contributed by atoms with van der Waals surface area (Å²) in [6, 6.07) is 0. The highest BCUT2D eigenvalue weighted by molar-refractivity contribution is 5.94. The van der Waals surface area contributed by atoms with Crippen molar-refractivity contribution >= 4 is 5.91 Å². The molecule has 2 N–H and O–H groups in total. The average Bonchev–Trinajstić information content (AvgIpc) is 2.87. The van der Waals surface area contributed by atoms with Gasteiger partial charge in [-0.15, -0.1) is 0 Å². The van der Waals surface area contributed by atoms with E-state index in [0.29, 0.717) is 24.6 Å². The molecule has 1 amide bonds. The van der Waals surface area contributed by atoms with Crippen molar-refractivity contribution in [2.75, 3.05) is 6.54 Å². The Balaban J connectivity index is 1.98. The molecule has 0 atom stereocenters. The molecule has 7 heteroatoms. The maximum atomic E-state index is 12.3. The van der Waals surface area contributed by atoms with Crippen LogP contribution in [0.4, 0.5) is 0 Å². The number of aromatic amines is 1. The van der Waals surface area contributed by atoms with E-state index >= 15 is 0 Å². The fourth-order valence-corrected chi connectivity index (χ4v) is 2.33. The van der Waals surface area contributed by atoms with E-state index < -0.39 is 11.5 Å². The topological polar surface area (TPSA) is 92.7 Å². The first kappa shape index (κ1) is 17.9. The van der Waals surface area contributed by atoms with Gasteiger partial charge in [0.05, 0.1) is 11.9 Å². The highest BCUT2D eigenvalue weighted by Crippen LogP contribution is 2.17. The third-order valence-electron chi connectivity index (χ3n) is 3.65. The maximum absolute atomic E-state index is 12.3. The zero-order valence-electron chi connectivity index (χ0n) is 14.9. The van der Waals surface area contributed by atoms with E-state index in [1.807, 2.05) is 38.6 Å². The number of aryl methyl sites for hydroxylation is 3. The molecule has 0 aliphatic carbocycles. The average molecular weight is 331 g/mol. The number of carbonyl (C=O) groups is 1. The summed E-state index contributed by atoms with van der Waals surface area (Å²) in [6.45, 7) is 10.7. The molecule has 0 saturated heterocycles. The van der Waals surface area contributed by atoms with Gasteiger partial charge in [-0.25, -0.2) is 4.98 Å². The Morgan fingerprint density at radius 2 is 2.04 bits per heavy atom. The van der Waals surface area contributed by atoms with E-state index in [0.717, 1.165) is 12.0 Å². The van der Waals surface area contributed by atoms with Crippen LogP contribution in [0.25, 0.3) is 0 Å². The van der Waals surface area contributed by atoms with Gasteiger partial charge in [-0.1, -0.05) is 20.8 Å². The molecule has 0 spiro atoms. The first-order valence-electron chi connectivity index (χ1n) is 8.07. The minimum absolute atomic E-state index is 0.0814. The quantitative estimate of drug-likeness (QED) is 0.816. The number of amides is 1. The van der Waals surface area contributed by atoms with Gasteiger partial charge in [-0.05, 0) is 25.8 Å². The zero-order chi connectivity index (χ0) is 17.9. The van der Waals surface area contributed by atoms with Crippen LogP contribution in [0.3, 0.4) is 0 Å². The number of hydrogen-bond donors (Lipinski definition) is 2. The van der Waals surface area contributed by atoms with Gasteiger partial charge in [0.1, 0.15) is 11.4 Å². The van der Waals surface area contributed by atoms with E-state index in [2.05, 4.69) is 20.4 Å². The molecule has 130 valence electrons. The van der Waals surface area contributed by atoms with E-state index in [4.69, 9.17) is 0 Å². The van der Waals surface area contributed by atoms with E-state index in [1.54, 1.807) is 13.1 Å². The molecular formula is C17H25N5O2. The van der Waals surface area contributed by atoms with Crippen molar-refractivity contribution in [1.82, 2.24) is 25.1 Å². The van der Waals surface area contributed by atoms with Gasteiger partial charge in [0.25, 0.3) is 11.5 Å². The van der Waals surface area contributed by atoms with Crippen LogP contribution >= 0.6 is 0 Å². The van der Waals surface area contributed by atoms with Crippen molar-refractivity contribution in [3.05, 3.63) is 45.4 Å². The predicted molar refractivity (Wildman–Crippen MR) is 92.2 cm³/mol. The SMILES string of the molecule is Cc1cnn(CCCNC(=O)c2c(C)nc(C(C)(C)C)[nH]c2=O)c1. The fourth-order valence-electron chi connectivity index (χ4n) is 2.33. The monoisotopic (exact) mass is 331 g/mol.